The second kappa shape index (κ2) is 6.99. The molecule has 3 aromatic carbocycles. The summed E-state index contributed by atoms with van der Waals surface area (Å²) in [5.74, 6) is 1.28. The largest absolute Gasteiger partial charge is 0.457 e. The topological polar surface area (TPSA) is 55.4 Å². The molecule has 0 radical (unpaired) electrons. The zero-order chi connectivity index (χ0) is 17.9. The maximum absolute atomic E-state index is 12.6. The first-order valence-corrected chi connectivity index (χ1v) is 9.36. The molecule has 0 fully saturated rings. The molecule has 0 spiro atoms. The van der Waals surface area contributed by atoms with Gasteiger partial charge in [-0.15, -0.1) is 0 Å². The highest BCUT2D eigenvalue weighted by molar-refractivity contribution is 7.92. The van der Waals surface area contributed by atoms with Gasteiger partial charge < -0.3 is 4.74 Å². The van der Waals surface area contributed by atoms with Gasteiger partial charge in [-0.1, -0.05) is 36.4 Å². The van der Waals surface area contributed by atoms with Crippen LogP contribution in [0.2, 0.25) is 0 Å². The summed E-state index contributed by atoms with van der Waals surface area (Å²) in [6.07, 6.45) is 0. The van der Waals surface area contributed by atoms with Gasteiger partial charge in [0.05, 0.1) is 10.6 Å². The smallest absolute Gasteiger partial charge is 0.261 e. The second-order valence-corrected chi connectivity index (χ2v) is 7.44. The highest BCUT2D eigenvalue weighted by atomic mass is 32.2. The van der Waals surface area contributed by atoms with Crippen molar-refractivity contribution in [3.8, 4) is 11.5 Å². The average Bonchev–Trinajstić information content (AvgIpc) is 2.60. The van der Waals surface area contributed by atoms with E-state index in [0.29, 0.717) is 17.2 Å². The summed E-state index contributed by atoms with van der Waals surface area (Å²) < 4.78 is 33.6. The number of benzene rings is 3. The van der Waals surface area contributed by atoms with Crippen LogP contribution in [0.15, 0.2) is 77.7 Å². The van der Waals surface area contributed by atoms with E-state index >= 15 is 0 Å². The van der Waals surface area contributed by atoms with Crippen molar-refractivity contribution < 1.29 is 13.2 Å². The minimum Gasteiger partial charge on any atom is -0.457 e. The van der Waals surface area contributed by atoms with Gasteiger partial charge in [0, 0.05) is 0 Å². The molecule has 0 saturated heterocycles. The number of para-hydroxylation sites is 2. The normalized spacial score (nSPS) is 11.1. The Labute approximate surface area is 148 Å². The number of sulfonamides is 1. The van der Waals surface area contributed by atoms with Crippen LogP contribution in [0.4, 0.5) is 5.69 Å². The van der Waals surface area contributed by atoms with E-state index in [1.165, 1.54) is 12.1 Å². The van der Waals surface area contributed by atoms with Gasteiger partial charge in [0.25, 0.3) is 10.0 Å². The van der Waals surface area contributed by atoms with Crippen molar-refractivity contribution >= 4 is 15.7 Å². The Hall–Kier alpha value is -2.79. The van der Waals surface area contributed by atoms with Crippen LogP contribution in [-0.2, 0) is 10.0 Å². The van der Waals surface area contributed by atoms with E-state index in [4.69, 9.17) is 4.74 Å². The van der Waals surface area contributed by atoms with Crippen LogP contribution in [0.1, 0.15) is 11.1 Å². The summed E-state index contributed by atoms with van der Waals surface area (Å²) in [5.41, 5.74) is 2.38. The van der Waals surface area contributed by atoms with Gasteiger partial charge in [0.2, 0.25) is 0 Å². The third-order valence-electron chi connectivity index (χ3n) is 3.83. The molecule has 0 unspecified atom stereocenters. The maximum atomic E-state index is 12.6. The molecule has 0 saturated carbocycles. The lowest BCUT2D eigenvalue weighted by molar-refractivity contribution is 0.482. The Kier molecular flexibility index (Phi) is 4.76. The quantitative estimate of drug-likeness (QED) is 0.710. The van der Waals surface area contributed by atoms with E-state index in [1.54, 1.807) is 12.1 Å². The summed E-state index contributed by atoms with van der Waals surface area (Å²) in [4.78, 5) is 0.190. The third-order valence-corrected chi connectivity index (χ3v) is 5.20. The number of nitrogens with one attached hydrogen (secondary N) is 1. The molecule has 3 rings (SSSR count). The third kappa shape index (κ3) is 4.00. The number of rotatable bonds is 5. The summed E-state index contributed by atoms with van der Waals surface area (Å²) >= 11 is 0. The zero-order valence-electron chi connectivity index (χ0n) is 14.1. The lowest BCUT2D eigenvalue weighted by Gasteiger charge is -2.13. The number of hydrogen-bond donors (Lipinski definition) is 1. The Morgan fingerprint density at radius 2 is 1.28 bits per heavy atom. The van der Waals surface area contributed by atoms with Crippen LogP contribution < -0.4 is 9.46 Å². The van der Waals surface area contributed by atoms with E-state index in [9.17, 15) is 8.42 Å². The first-order chi connectivity index (χ1) is 12.0. The lowest BCUT2D eigenvalue weighted by Crippen LogP contribution is -2.14. The van der Waals surface area contributed by atoms with Crippen molar-refractivity contribution in [2.24, 2.45) is 0 Å². The van der Waals surface area contributed by atoms with Crippen molar-refractivity contribution in [1.29, 1.82) is 0 Å². The molecule has 0 amide bonds. The van der Waals surface area contributed by atoms with Crippen LogP contribution in [0.5, 0.6) is 11.5 Å². The van der Waals surface area contributed by atoms with E-state index in [0.717, 1.165) is 11.1 Å². The van der Waals surface area contributed by atoms with Crippen LogP contribution >= 0.6 is 0 Å². The van der Waals surface area contributed by atoms with Crippen molar-refractivity contribution in [2.75, 3.05) is 4.72 Å². The fourth-order valence-corrected chi connectivity index (χ4v) is 3.68. The minimum atomic E-state index is -3.65. The van der Waals surface area contributed by atoms with Crippen LogP contribution in [-0.4, -0.2) is 8.42 Å². The Balaban J connectivity index is 1.81. The van der Waals surface area contributed by atoms with E-state index in [2.05, 4.69) is 4.72 Å². The molecule has 0 bridgehead atoms. The monoisotopic (exact) mass is 353 g/mol. The molecule has 128 valence electrons. The van der Waals surface area contributed by atoms with E-state index in [1.807, 2.05) is 62.4 Å². The molecule has 0 aliphatic heterocycles. The van der Waals surface area contributed by atoms with E-state index < -0.39 is 10.0 Å². The highest BCUT2D eigenvalue weighted by Crippen LogP contribution is 2.26. The highest BCUT2D eigenvalue weighted by Gasteiger charge is 2.16. The molecule has 5 heteroatoms. The van der Waals surface area contributed by atoms with Crippen molar-refractivity contribution in [2.45, 2.75) is 18.7 Å². The number of ether oxygens (including phenoxy) is 1. The Bertz CT molecular complexity index is 945. The van der Waals surface area contributed by atoms with Gasteiger partial charge in [-0.3, -0.25) is 4.72 Å². The first kappa shape index (κ1) is 17.0. The SMILES string of the molecule is Cc1cccc(C)c1NS(=O)(=O)c1ccc(Oc2ccccc2)cc1. The molecular formula is C20H19NO3S. The molecule has 0 atom stereocenters. The summed E-state index contributed by atoms with van der Waals surface area (Å²) in [6.45, 7) is 3.75. The van der Waals surface area contributed by atoms with Gasteiger partial charge in [-0.25, -0.2) is 8.42 Å². The second-order valence-electron chi connectivity index (χ2n) is 5.76. The van der Waals surface area contributed by atoms with Gasteiger partial charge >= 0.3 is 0 Å². The molecule has 0 aliphatic rings. The first-order valence-electron chi connectivity index (χ1n) is 7.88. The predicted octanol–water partition coefficient (Wildman–Crippen LogP) is 4.90. The van der Waals surface area contributed by atoms with Crippen LogP contribution in [0.25, 0.3) is 0 Å². The Morgan fingerprint density at radius 3 is 1.88 bits per heavy atom. The minimum absolute atomic E-state index is 0.190. The Morgan fingerprint density at radius 1 is 0.720 bits per heavy atom. The summed E-state index contributed by atoms with van der Waals surface area (Å²) in [7, 11) is -3.65. The van der Waals surface area contributed by atoms with Crippen molar-refractivity contribution in [3.05, 3.63) is 83.9 Å². The molecule has 0 aliphatic carbocycles. The molecule has 0 heterocycles. The van der Waals surface area contributed by atoms with Gasteiger partial charge in [0.1, 0.15) is 11.5 Å². The molecule has 4 nitrogen and oxygen atoms in total. The fourth-order valence-electron chi connectivity index (χ4n) is 2.48. The van der Waals surface area contributed by atoms with Crippen molar-refractivity contribution in [3.63, 3.8) is 0 Å². The maximum Gasteiger partial charge on any atom is 0.261 e. The fraction of sp³-hybridized carbons (Fsp3) is 0.100. The predicted molar refractivity (Wildman–Crippen MR) is 99.7 cm³/mol. The van der Waals surface area contributed by atoms with Crippen molar-refractivity contribution in [1.82, 2.24) is 0 Å². The molecule has 3 aromatic rings. The zero-order valence-corrected chi connectivity index (χ0v) is 14.9. The average molecular weight is 353 g/mol. The van der Waals surface area contributed by atoms with E-state index in [-0.39, 0.29) is 4.90 Å². The van der Waals surface area contributed by atoms with Gasteiger partial charge in [-0.2, -0.15) is 0 Å². The molecule has 25 heavy (non-hydrogen) atoms. The summed E-state index contributed by atoms with van der Waals surface area (Å²) in [5, 5.41) is 0. The van der Waals surface area contributed by atoms with Crippen LogP contribution in [0, 0.1) is 13.8 Å². The number of anilines is 1. The lowest BCUT2D eigenvalue weighted by atomic mass is 10.1. The number of aryl methyl sites for hydroxylation is 2. The van der Waals surface area contributed by atoms with Crippen LogP contribution in [0.3, 0.4) is 0 Å². The van der Waals surface area contributed by atoms with Gasteiger partial charge in [0.15, 0.2) is 0 Å². The van der Waals surface area contributed by atoms with Gasteiger partial charge in [-0.05, 0) is 61.4 Å². The standard InChI is InChI=1S/C20H19NO3S/c1-15-7-6-8-16(2)20(15)21-25(22,23)19-13-11-18(12-14-19)24-17-9-4-3-5-10-17/h3-14,21H,1-2H3. The molecule has 0 aromatic heterocycles. The molecular weight excluding hydrogens is 334 g/mol. The molecule has 1 N–H and O–H groups in total. The summed E-state index contributed by atoms with van der Waals surface area (Å²) in [6, 6.07) is 21.4. The number of hydrogen-bond acceptors (Lipinski definition) is 3.